The first-order valence-corrected chi connectivity index (χ1v) is 7.79. The summed E-state index contributed by atoms with van der Waals surface area (Å²) in [6.07, 6.45) is -0.461. The number of amides is 1. The molecule has 0 spiro atoms. The average molecular weight is 335 g/mol. The van der Waals surface area contributed by atoms with Gasteiger partial charge in [-0.1, -0.05) is 0 Å². The molecule has 0 radical (unpaired) electrons. The van der Waals surface area contributed by atoms with Crippen LogP contribution in [0.3, 0.4) is 0 Å². The van der Waals surface area contributed by atoms with E-state index in [1.165, 1.54) is 4.90 Å². The number of benzene rings is 1. The highest BCUT2D eigenvalue weighted by molar-refractivity contribution is 5.80. The molecule has 2 N–H and O–H groups in total. The fourth-order valence-electron chi connectivity index (χ4n) is 3.24. The van der Waals surface area contributed by atoms with Crippen LogP contribution in [0.2, 0.25) is 0 Å². The summed E-state index contributed by atoms with van der Waals surface area (Å²) >= 11 is 0. The number of aromatic amines is 1. The highest BCUT2D eigenvalue weighted by Crippen LogP contribution is 2.34. The van der Waals surface area contributed by atoms with Gasteiger partial charge in [0.15, 0.2) is 0 Å². The van der Waals surface area contributed by atoms with Gasteiger partial charge < -0.3 is 10.0 Å². The molecule has 3 rings (SSSR count). The predicted molar refractivity (Wildman–Crippen MR) is 83.2 cm³/mol. The number of aliphatic hydroxyl groups excluding tert-OH is 1. The van der Waals surface area contributed by atoms with Crippen LogP contribution in [0.25, 0.3) is 0 Å². The van der Waals surface area contributed by atoms with Crippen molar-refractivity contribution in [2.24, 2.45) is 0 Å². The number of likely N-dealkylation sites (tertiary alicyclic amines) is 1. The summed E-state index contributed by atoms with van der Waals surface area (Å²) in [5.41, 5.74) is 2.42. The maximum Gasteiger partial charge on any atom is 0.227 e. The number of carbonyl (C=O) groups is 1. The number of hydrogen-bond donors (Lipinski definition) is 2. The van der Waals surface area contributed by atoms with Gasteiger partial charge in [-0.3, -0.25) is 9.89 Å². The maximum atomic E-state index is 14.1. The Morgan fingerprint density at radius 1 is 1.42 bits per heavy atom. The second-order valence-corrected chi connectivity index (χ2v) is 6.21. The van der Waals surface area contributed by atoms with Crippen LogP contribution in [-0.4, -0.2) is 38.8 Å². The van der Waals surface area contributed by atoms with E-state index >= 15 is 0 Å². The van der Waals surface area contributed by atoms with Crippen molar-refractivity contribution in [3.8, 4) is 0 Å². The zero-order valence-corrected chi connectivity index (χ0v) is 13.5. The molecule has 1 aromatic heterocycles. The van der Waals surface area contributed by atoms with E-state index in [1.54, 1.807) is 6.92 Å². The van der Waals surface area contributed by atoms with Crippen LogP contribution in [0.15, 0.2) is 18.2 Å². The lowest BCUT2D eigenvalue weighted by Crippen LogP contribution is -2.33. The highest BCUT2D eigenvalue weighted by Gasteiger charge is 2.37. The van der Waals surface area contributed by atoms with Crippen LogP contribution in [0.1, 0.15) is 35.0 Å². The Morgan fingerprint density at radius 3 is 2.83 bits per heavy atom. The lowest BCUT2D eigenvalue weighted by Gasteiger charge is -2.25. The molecule has 2 atom stereocenters. The van der Waals surface area contributed by atoms with Crippen molar-refractivity contribution in [3.05, 3.63) is 52.3 Å². The van der Waals surface area contributed by atoms with Crippen molar-refractivity contribution < 1.29 is 18.7 Å². The quantitative estimate of drug-likeness (QED) is 0.903. The van der Waals surface area contributed by atoms with Gasteiger partial charge in [-0.05, 0) is 38.5 Å². The zero-order valence-electron chi connectivity index (χ0n) is 13.5. The predicted octanol–water partition coefficient (Wildman–Crippen LogP) is 2.18. The number of H-pyrrole nitrogens is 1. The standard InChI is InChI=1S/C17H19F2N3O2/c1-9-13(10(2)21-20-9)7-17(24)22-8-12(23)6-16(22)14-5-11(18)3-4-15(14)19/h3-5,12,16,23H,6-8H2,1-2H3,(H,20,21)/t12-,16-/m1/s1. The fraction of sp³-hybridized carbons (Fsp3) is 0.412. The average Bonchev–Trinajstić information content (AvgIpc) is 3.07. The molecule has 0 saturated carbocycles. The van der Waals surface area contributed by atoms with E-state index in [-0.39, 0.29) is 30.9 Å². The minimum absolute atomic E-state index is 0.0977. The molecular formula is C17H19F2N3O2. The van der Waals surface area contributed by atoms with Gasteiger partial charge in [-0.25, -0.2) is 8.78 Å². The third-order valence-corrected chi connectivity index (χ3v) is 4.53. The number of rotatable bonds is 3. The van der Waals surface area contributed by atoms with Gasteiger partial charge in [0.25, 0.3) is 0 Å². The SMILES string of the molecule is Cc1n[nH]c(C)c1CC(=O)N1C[C@H](O)C[C@@H]1c1cc(F)ccc1F. The number of aromatic nitrogens is 2. The Labute approximate surface area is 138 Å². The summed E-state index contributed by atoms with van der Waals surface area (Å²) in [6.45, 7) is 3.73. The molecule has 0 aliphatic carbocycles. The normalized spacial score (nSPS) is 20.6. The van der Waals surface area contributed by atoms with Crippen LogP contribution >= 0.6 is 0 Å². The van der Waals surface area contributed by atoms with Gasteiger partial charge in [-0.2, -0.15) is 5.10 Å². The van der Waals surface area contributed by atoms with Gasteiger partial charge in [0.2, 0.25) is 5.91 Å². The summed E-state index contributed by atoms with van der Waals surface area (Å²) < 4.78 is 27.6. The Morgan fingerprint density at radius 2 is 2.17 bits per heavy atom. The van der Waals surface area contributed by atoms with Crippen LogP contribution in [-0.2, 0) is 11.2 Å². The van der Waals surface area contributed by atoms with E-state index in [0.717, 1.165) is 35.2 Å². The molecule has 0 bridgehead atoms. The highest BCUT2D eigenvalue weighted by atomic mass is 19.1. The number of aryl methyl sites for hydroxylation is 2. The van der Waals surface area contributed by atoms with E-state index in [1.807, 2.05) is 6.92 Å². The number of carbonyl (C=O) groups excluding carboxylic acids is 1. The molecule has 2 heterocycles. The lowest BCUT2D eigenvalue weighted by atomic mass is 10.0. The molecule has 5 nitrogen and oxygen atoms in total. The summed E-state index contributed by atoms with van der Waals surface area (Å²) in [6, 6.07) is 2.50. The Bertz CT molecular complexity index is 756. The minimum atomic E-state index is -0.756. The first kappa shape index (κ1) is 16.6. The van der Waals surface area contributed by atoms with E-state index < -0.39 is 23.8 Å². The molecule has 2 aromatic rings. The zero-order chi connectivity index (χ0) is 17.4. The number of hydrogen-bond acceptors (Lipinski definition) is 3. The molecular weight excluding hydrogens is 316 g/mol. The first-order valence-electron chi connectivity index (χ1n) is 7.79. The van der Waals surface area contributed by atoms with Gasteiger partial charge in [-0.15, -0.1) is 0 Å². The number of nitrogens with one attached hydrogen (secondary N) is 1. The molecule has 1 fully saturated rings. The van der Waals surface area contributed by atoms with Crippen molar-refractivity contribution in [3.63, 3.8) is 0 Å². The Balaban J connectivity index is 1.88. The van der Waals surface area contributed by atoms with Crippen LogP contribution < -0.4 is 0 Å². The molecule has 128 valence electrons. The number of aliphatic hydroxyl groups is 1. The first-order chi connectivity index (χ1) is 11.4. The van der Waals surface area contributed by atoms with Gasteiger partial charge in [0.1, 0.15) is 11.6 Å². The molecule has 24 heavy (non-hydrogen) atoms. The van der Waals surface area contributed by atoms with Crippen LogP contribution in [0.4, 0.5) is 8.78 Å². The van der Waals surface area contributed by atoms with Crippen molar-refractivity contribution in [2.45, 2.75) is 38.8 Å². The summed E-state index contributed by atoms with van der Waals surface area (Å²) in [5.74, 6) is -1.39. The number of nitrogens with zero attached hydrogens (tertiary/aromatic N) is 2. The number of halogens is 2. The smallest absolute Gasteiger partial charge is 0.227 e. The molecule has 1 saturated heterocycles. The monoisotopic (exact) mass is 335 g/mol. The third-order valence-electron chi connectivity index (χ3n) is 4.53. The lowest BCUT2D eigenvalue weighted by molar-refractivity contribution is -0.131. The van der Waals surface area contributed by atoms with Crippen molar-refractivity contribution in [2.75, 3.05) is 6.54 Å². The van der Waals surface area contributed by atoms with Gasteiger partial charge in [0.05, 0.1) is 24.3 Å². The van der Waals surface area contributed by atoms with E-state index in [2.05, 4.69) is 10.2 Å². The van der Waals surface area contributed by atoms with Crippen molar-refractivity contribution in [1.29, 1.82) is 0 Å². The van der Waals surface area contributed by atoms with Crippen LogP contribution in [0.5, 0.6) is 0 Å². The summed E-state index contributed by atoms with van der Waals surface area (Å²) in [4.78, 5) is 14.1. The van der Waals surface area contributed by atoms with Crippen LogP contribution in [0, 0.1) is 25.5 Å². The van der Waals surface area contributed by atoms with Gasteiger partial charge in [0, 0.05) is 23.4 Å². The molecule has 0 unspecified atom stereocenters. The molecule has 1 aliphatic rings. The summed E-state index contributed by atoms with van der Waals surface area (Å²) in [7, 11) is 0. The minimum Gasteiger partial charge on any atom is -0.391 e. The van der Waals surface area contributed by atoms with E-state index in [9.17, 15) is 18.7 Å². The summed E-state index contributed by atoms with van der Waals surface area (Å²) in [5, 5.41) is 16.8. The van der Waals surface area contributed by atoms with Crippen molar-refractivity contribution >= 4 is 5.91 Å². The topological polar surface area (TPSA) is 69.2 Å². The van der Waals surface area contributed by atoms with Gasteiger partial charge >= 0.3 is 0 Å². The maximum absolute atomic E-state index is 14.1. The molecule has 1 aromatic carbocycles. The third kappa shape index (κ3) is 3.03. The van der Waals surface area contributed by atoms with E-state index in [4.69, 9.17) is 0 Å². The van der Waals surface area contributed by atoms with Crippen molar-refractivity contribution in [1.82, 2.24) is 15.1 Å². The van der Waals surface area contributed by atoms with E-state index in [0.29, 0.717) is 0 Å². The Kier molecular flexibility index (Phi) is 4.36. The second-order valence-electron chi connectivity index (χ2n) is 6.21. The molecule has 7 heteroatoms. The Hall–Kier alpha value is -2.28. The molecule has 1 aliphatic heterocycles. The largest absolute Gasteiger partial charge is 0.391 e. The molecule has 1 amide bonds. The fourth-order valence-corrected chi connectivity index (χ4v) is 3.24. The second kappa shape index (κ2) is 6.32. The number of β-amino-alcohol motifs (C(OH)–C–C–N with tert-alkyl or cyclic N) is 1.